The average Bonchev–Trinajstić information content (AvgIpc) is 2.25. The largest absolute Gasteiger partial charge is 0.481 e. The van der Waals surface area contributed by atoms with Crippen LogP contribution in [0.3, 0.4) is 0 Å². The van der Waals surface area contributed by atoms with Gasteiger partial charge in [0.15, 0.2) is 0 Å². The molecule has 0 fully saturated rings. The molecule has 0 rings (SSSR count). The number of ether oxygens (including phenoxy) is 1. The minimum absolute atomic E-state index is 0.328. The summed E-state index contributed by atoms with van der Waals surface area (Å²) in [7, 11) is 0. The lowest BCUT2D eigenvalue weighted by Crippen LogP contribution is -1.94. The van der Waals surface area contributed by atoms with Crippen molar-refractivity contribution in [3.63, 3.8) is 0 Å². The Balaban J connectivity index is 2.90. The standard InChI is InChI=1S/C13H26O3/c1-2-16-12-10-8-6-4-3-5-7-9-11-13(14)15/h2-12H2,1H3,(H,14,15). The Hall–Kier alpha value is -0.570. The smallest absolute Gasteiger partial charge is 0.303 e. The van der Waals surface area contributed by atoms with Crippen LogP contribution in [-0.2, 0) is 9.53 Å². The predicted molar refractivity (Wildman–Crippen MR) is 65.7 cm³/mol. The number of rotatable bonds is 12. The second kappa shape index (κ2) is 12.5. The minimum Gasteiger partial charge on any atom is -0.481 e. The summed E-state index contributed by atoms with van der Waals surface area (Å²) in [4.78, 5) is 10.2. The van der Waals surface area contributed by atoms with Gasteiger partial charge in [0.1, 0.15) is 0 Å². The maximum atomic E-state index is 10.2. The summed E-state index contributed by atoms with van der Waals surface area (Å²) in [6.45, 7) is 3.75. The molecule has 0 unspecified atom stereocenters. The van der Waals surface area contributed by atoms with Crippen LogP contribution >= 0.6 is 0 Å². The van der Waals surface area contributed by atoms with Gasteiger partial charge in [-0.15, -0.1) is 0 Å². The van der Waals surface area contributed by atoms with E-state index in [9.17, 15) is 4.79 Å². The number of hydrogen-bond donors (Lipinski definition) is 1. The van der Waals surface area contributed by atoms with E-state index in [1.165, 1.54) is 38.5 Å². The quantitative estimate of drug-likeness (QED) is 0.521. The van der Waals surface area contributed by atoms with E-state index in [0.717, 1.165) is 26.1 Å². The molecule has 0 saturated carbocycles. The molecule has 16 heavy (non-hydrogen) atoms. The van der Waals surface area contributed by atoms with Crippen molar-refractivity contribution < 1.29 is 14.6 Å². The maximum Gasteiger partial charge on any atom is 0.303 e. The van der Waals surface area contributed by atoms with Gasteiger partial charge in [-0.2, -0.15) is 0 Å². The molecule has 96 valence electrons. The first-order valence-corrected chi connectivity index (χ1v) is 6.57. The molecule has 0 saturated heterocycles. The lowest BCUT2D eigenvalue weighted by Gasteiger charge is -2.02. The number of unbranched alkanes of at least 4 members (excludes halogenated alkanes) is 7. The van der Waals surface area contributed by atoms with E-state index in [4.69, 9.17) is 9.84 Å². The Bertz CT molecular complexity index is 157. The van der Waals surface area contributed by atoms with Gasteiger partial charge >= 0.3 is 5.97 Å². The highest BCUT2D eigenvalue weighted by Crippen LogP contribution is 2.09. The molecule has 0 spiro atoms. The minimum atomic E-state index is -0.670. The zero-order valence-corrected chi connectivity index (χ0v) is 10.5. The SMILES string of the molecule is CCOCCCCCCCCCCC(=O)O. The van der Waals surface area contributed by atoms with Crippen molar-refractivity contribution in [3.05, 3.63) is 0 Å². The normalized spacial score (nSPS) is 10.6. The highest BCUT2D eigenvalue weighted by molar-refractivity contribution is 5.66. The van der Waals surface area contributed by atoms with Gasteiger partial charge in [-0.3, -0.25) is 4.79 Å². The number of hydrogen-bond acceptors (Lipinski definition) is 2. The van der Waals surface area contributed by atoms with E-state index in [2.05, 4.69) is 0 Å². The van der Waals surface area contributed by atoms with Crippen molar-refractivity contribution in [1.29, 1.82) is 0 Å². The summed E-state index contributed by atoms with van der Waals surface area (Å²) in [6, 6.07) is 0. The lowest BCUT2D eigenvalue weighted by molar-refractivity contribution is -0.137. The van der Waals surface area contributed by atoms with Gasteiger partial charge in [0.05, 0.1) is 0 Å². The lowest BCUT2D eigenvalue weighted by atomic mass is 10.1. The molecule has 1 N–H and O–H groups in total. The Labute approximate surface area is 99.2 Å². The van der Waals surface area contributed by atoms with Crippen LogP contribution in [0.15, 0.2) is 0 Å². The monoisotopic (exact) mass is 230 g/mol. The van der Waals surface area contributed by atoms with Crippen LogP contribution in [0.4, 0.5) is 0 Å². The molecule has 0 heterocycles. The van der Waals surface area contributed by atoms with E-state index < -0.39 is 5.97 Å². The fourth-order valence-corrected chi connectivity index (χ4v) is 1.69. The summed E-state index contributed by atoms with van der Waals surface area (Å²) in [5.74, 6) is -0.670. The van der Waals surface area contributed by atoms with Crippen LogP contribution in [0.1, 0.15) is 64.7 Å². The van der Waals surface area contributed by atoms with E-state index in [-0.39, 0.29) is 0 Å². The first-order valence-electron chi connectivity index (χ1n) is 6.57. The van der Waals surface area contributed by atoms with Crippen molar-refractivity contribution >= 4 is 5.97 Å². The van der Waals surface area contributed by atoms with Gasteiger partial charge in [-0.1, -0.05) is 38.5 Å². The summed E-state index contributed by atoms with van der Waals surface area (Å²) in [5.41, 5.74) is 0. The molecule has 0 aromatic heterocycles. The summed E-state index contributed by atoms with van der Waals surface area (Å²) < 4.78 is 5.26. The van der Waals surface area contributed by atoms with Crippen molar-refractivity contribution in [2.75, 3.05) is 13.2 Å². The van der Waals surface area contributed by atoms with Crippen LogP contribution in [-0.4, -0.2) is 24.3 Å². The number of carboxylic acids is 1. The third-order valence-corrected chi connectivity index (χ3v) is 2.63. The number of carbonyl (C=O) groups is 1. The summed E-state index contributed by atoms with van der Waals surface area (Å²) in [6.07, 6.45) is 9.64. The molecular formula is C13H26O3. The van der Waals surface area contributed by atoms with Crippen LogP contribution in [0.2, 0.25) is 0 Å². The summed E-state index contributed by atoms with van der Waals surface area (Å²) >= 11 is 0. The van der Waals surface area contributed by atoms with E-state index in [0.29, 0.717) is 6.42 Å². The highest BCUT2D eigenvalue weighted by atomic mass is 16.5. The van der Waals surface area contributed by atoms with Crippen LogP contribution in [0.5, 0.6) is 0 Å². The molecule has 0 aliphatic carbocycles. The van der Waals surface area contributed by atoms with Crippen molar-refractivity contribution in [2.24, 2.45) is 0 Å². The Morgan fingerprint density at radius 1 is 0.938 bits per heavy atom. The Kier molecular flexibility index (Phi) is 12.1. The second-order valence-corrected chi connectivity index (χ2v) is 4.17. The highest BCUT2D eigenvalue weighted by Gasteiger charge is 1.96. The number of aliphatic carboxylic acids is 1. The van der Waals surface area contributed by atoms with Crippen LogP contribution in [0.25, 0.3) is 0 Å². The zero-order chi connectivity index (χ0) is 12.1. The molecule has 0 aromatic rings. The fraction of sp³-hybridized carbons (Fsp3) is 0.923. The van der Waals surface area contributed by atoms with Gasteiger partial charge in [0.2, 0.25) is 0 Å². The fourth-order valence-electron chi connectivity index (χ4n) is 1.69. The second-order valence-electron chi connectivity index (χ2n) is 4.17. The molecular weight excluding hydrogens is 204 g/mol. The van der Waals surface area contributed by atoms with Gasteiger partial charge < -0.3 is 9.84 Å². The van der Waals surface area contributed by atoms with Crippen molar-refractivity contribution in [3.8, 4) is 0 Å². The molecule has 0 aliphatic heterocycles. The molecule has 0 aromatic carbocycles. The Morgan fingerprint density at radius 2 is 1.44 bits per heavy atom. The average molecular weight is 230 g/mol. The van der Waals surface area contributed by atoms with Crippen molar-refractivity contribution in [2.45, 2.75) is 64.7 Å². The first-order chi connectivity index (χ1) is 7.77. The van der Waals surface area contributed by atoms with E-state index in [1.807, 2.05) is 6.92 Å². The summed E-state index contributed by atoms with van der Waals surface area (Å²) in [5, 5.41) is 8.45. The van der Waals surface area contributed by atoms with Crippen LogP contribution < -0.4 is 0 Å². The van der Waals surface area contributed by atoms with Gasteiger partial charge in [0, 0.05) is 19.6 Å². The molecule has 3 nitrogen and oxygen atoms in total. The number of carboxylic acid groups (broad SMARTS) is 1. The van der Waals surface area contributed by atoms with E-state index in [1.54, 1.807) is 0 Å². The molecule has 0 atom stereocenters. The third-order valence-electron chi connectivity index (χ3n) is 2.63. The first kappa shape index (κ1) is 15.4. The van der Waals surface area contributed by atoms with Gasteiger partial charge in [-0.25, -0.2) is 0 Å². The topological polar surface area (TPSA) is 46.5 Å². The van der Waals surface area contributed by atoms with Crippen LogP contribution in [0, 0.1) is 0 Å². The maximum absolute atomic E-state index is 10.2. The molecule has 0 amide bonds. The van der Waals surface area contributed by atoms with Gasteiger partial charge in [-0.05, 0) is 19.8 Å². The predicted octanol–water partition coefficient (Wildman–Crippen LogP) is 3.62. The van der Waals surface area contributed by atoms with E-state index >= 15 is 0 Å². The Morgan fingerprint density at radius 3 is 1.94 bits per heavy atom. The molecule has 3 heteroatoms. The van der Waals surface area contributed by atoms with Gasteiger partial charge in [0.25, 0.3) is 0 Å². The third kappa shape index (κ3) is 13.4. The zero-order valence-electron chi connectivity index (χ0n) is 10.5. The van der Waals surface area contributed by atoms with Crippen molar-refractivity contribution in [1.82, 2.24) is 0 Å². The molecule has 0 bridgehead atoms. The molecule has 0 radical (unpaired) electrons. The molecule has 0 aliphatic rings.